The van der Waals surface area contributed by atoms with Gasteiger partial charge in [-0.1, -0.05) is 38.7 Å². The second-order valence-electron chi connectivity index (χ2n) is 2.55. The number of hydrogen-bond acceptors (Lipinski definition) is 1. The fraction of sp³-hybridized carbons (Fsp3) is 0.333. The maximum atomic E-state index is 8.66. The van der Waals surface area contributed by atoms with E-state index in [1.54, 1.807) is 12.2 Å². The minimum Gasteiger partial charge on any atom is -0.509 e. The number of aliphatic hydroxyl groups is 1. The highest BCUT2D eigenvalue weighted by Gasteiger charge is 1.93. The van der Waals surface area contributed by atoms with Gasteiger partial charge in [0.05, 0.1) is 0 Å². The van der Waals surface area contributed by atoms with E-state index in [9.17, 15) is 0 Å². The van der Waals surface area contributed by atoms with Crippen LogP contribution in [0.4, 0.5) is 0 Å². The summed E-state index contributed by atoms with van der Waals surface area (Å²) in [7, 11) is 0. The summed E-state index contributed by atoms with van der Waals surface area (Å²) in [4.78, 5) is 0. The molecule has 0 atom stereocenters. The van der Waals surface area contributed by atoms with Gasteiger partial charge < -0.3 is 5.11 Å². The first-order chi connectivity index (χ1) is 4.54. The molecule has 0 aliphatic heterocycles. The van der Waals surface area contributed by atoms with Gasteiger partial charge in [-0.3, -0.25) is 0 Å². The Morgan fingerprint density at radius 2 is 1.80 bits per heavy atom. The van der Waals surface area contributed by atoms with Crippen LogP contribution in [0.15, 0.2) is 36.6 Å². The van der Waals surface area contributed by atoms with E-state index in [0.29, 0.717) is 5.92 Å². The van der Waals surface area contributed by atoms with Crippen LogP contribution >= 0.6 is 0 Å². The van der Waals surface area contributed by atoms with Gasteiger partial charge in [-0.05, 0) is 12.0 Å². The van der Waals surface area contributed by atoms with Crippen molar-refractivity contribution >= 4 is 0 Å². The van der Waals surface area contributed by atoms with Gasteiger partial charge in [-0.2, -0.15) is 0 Å². The molecule has 0 spiro atoms. The molecule has 1 nitrogen and oxygen atoms in total. The van der Waals surface area contributed by atoms with Gasteiger partial charge in [0.15, 0.2) is 0 Å². The molecule has 1 N–H and O–H groups in total. The predicted molar refractivity (Wildman–Crippen MR) is 44.9 cm³/mol. The maximum absolute atomic E-state index is 8.66. The number of hydrogen-bond donors (Lipinski definition) is 1. The van der Waals surface area contributed by atoms with Gasteiger partial charge in [-0.25, -0.2) is 0 Å². The van der Waals surface area contributed by atoms with E-state index in [1.165, 1.54) is 0 Å². The largest absolute Gasteiger partial charge is 0.509 e. The summed E-state index contributed by atoms with van der Waals surface area (Å²) in [5.74, 6) is 0.498. The molecule has 0 saturated heterocycles. The van der Waals surface area contributed by atoms with Gasteiger partial charge in [0, 0.05) is 0 Å². The minimum atomic E-state index is 0.0711. The zero-order valence-electron chi connectivity index (χ0n) is 6.59. The smallest absolute Gasteiger partial charge is 0.108 e. The molecule has 0 fully saturated rings. The Hall–Kier alpha value is -0.980. The maximum Gasteiger partial charge on any atom is 0.108 e. The van der Waals surface area contributed by atoms with Crippen molar-refractivity contribution in [3.05, 3.63) is 36.6 Å². The summed E-state index contributed by atoms with van der Waals surface area (Å²) < 4.78 is 0. The Bertz CT molecular complexity index is 164. The van der Waals surface area contributed by atoms with E-state index in [-0.39, 0.29) is 5.76 Å². The molecule has 0 bridgehead atoms. The van der Waals surface area contributed by atoms with Crippen LogP contribution in [0.5, 0.6) is 0 Å². The lowest BCUT2D eigenvalue weighted by Crippen LogP contribution is -1.87. The van der Waals surface area contributed by atoms with E-state index >= 15 is 0 Å². The average molecular weight is 138 g/mol. The molecule has 0 aliphatic rings. The van der Waals surface area contributed by atoms with Crippen LogP contribution in [0, 0.1) is 5.92 Å². The topological polar surface area (TPSA) is 20.2 Å². The lowest BCUT2D eigenvalue weighted by Gasteiger charge is -2.01. The Labute approximate surface area is 62.4 Å². The van der Waals surface area contributed by atoms with Crippen molar-refractivity contribution in [2.75, 3.05) is 0 Å². The van der Waals surface area contributed by atoms with Gasteiger partial charge >= 0.3 is 0 Å². The highest BCUT2D eigenvalue weighted by molar-refractivity contribution is 5.21. The highest BCUT2D eigenvalue weighted by Crippen LogP contribution is 2.07. The Morgan fingerprint density at radius 3 is 2.10 bits per heavy atom. The van der Waals surface area contributed by atoms with Crippen LogP contribution in [0.2, 0.25) is 0 Å². The van der Waals surface area contributed by atoms with Crippen LogP contribution in [0.1, 0.15) is 13.8 Å². The molecule has 0 aromatic heterocycles. The molecular formula is C9H14O. The number of rotatable bonds is 3. The first-order valence-electron chi connectivity index (χ1n) is 3.28. The molecule has 0 radical (unpaired) electrons. The standard InChI is InChI=1S/C9H14O/c1-7(2)8(3)5-6-9(4)10/h5-7,10H,3-4H2,1-2H3/b6-5-. The number of allylic oxidation sites excluding steroid dienone is 3. The third kappa shape index (κ3) is 3.96. The van der Waals surface area contributed by atoms with Gasteiger partial charge in [0.1, 0.15) is 5.76 Å². The van der Waals surface area contributed by atoms with E-state index in [2.05, 4.69) is 13.2 Å². The van der Waals surface area contributed by atoms with Gasteiger partial charge in [0.25, 0.3) is 0 Å². The molecule has 10 heavy (non-hydrogen) atoms. The monoisotopic (exact) mass is 138 g/mol. The quantitative estimate of drug-likeness (QED) is 0.469. The van der Waals surface area contributed by atoms with Gasteiger partial charge in [-0.15, -0.1) is 0 Å². The molecule has 0 heterocycles. The fourth-order valence-electron chi connectivity index (χ4n) is 0.396. The van der Waals surface area contributed by atoms with Crippen molar-refractivity contribution in [1.82, 2.24) is 0 Å². The molecule has 0 amide bonds. The molecular weight excluding hydrogens is 124 g/mol. The van der Waals surface area contributed by atoms with Crippen molar-refractivity contribution in [2.24, 2.45) is 5.92 Å². The lowest BCUT2D eigenvalue weighted by molar-refractivity contribution is 0.435. The number of aliphatic hydroxyl groups excluding tert-OH is 1. The zero-order chi connectivity index (χ0) is 8.15. The first-order valence-corrected chi connectivity index (χ1v) is 3.28. The molecule has 1 heteroatoms. The molecule has 0 rings (SSSR count). The van der Waals surface area contributed by atoms with E-state index in [1.807, 2.05) is 13.8 Å². The van der Waals surface area contributed by atoms with Crippen LogP contribution in [0.25, 0.3) is 0 Å². The third-order valence-electron chi connectivity index (χ3n) is 1.23. The average Bonchev–Trinajstić information content (AvgIpc) is 1.82. The molecule has 0 aromatic rings. The van der Waals surface area contributed by atoms with E-state index in [4.69, 9.17) is 5.11 Å². The van der Waals surface area contributed by atoms with E-state index in [0.717, 1.165) is 5.57 Å². The summed E-state index contributed by atoms with van der Waals surface area (Å²) in [6, 6.07) is 0. The molecule has 0 unspecified atom stereocenters. The van der Waals surface area contributed by atoms with Crippen LogP contribution < -0.4 is 0 Å². The zero-order valence-corrected chi connectivity index (χ0v) is 6.59. The Morgan fingerprint density at radius 1 is 1.30 bits per heavy atom. The predicted octanol–water partition coefficient (Wildman–Crippen LogP) is 2.83. The normalized spacial score (nSPS) is 10.7. The van der Waals surface area contributed by atoms with Crippen LogP contribution in [-0.2, 0) is 0 Å². The van der Waals surface area contributed by atoms with Crippen LogP contribution in [0.3, 0.4) is 0 Å². The van der Waals surface area contributed by atoms with Crippen molar-refractivity contribution in [2.45, 2.75) is 13.8 Å². The Kier molecular flexibility index (Phi) is 3.55. The van der Waals surface area contributed by atoms with Crippen molar-refractivity contribution in [3.63, 3.8) is 0 Å². The molecule has 56 valence electrons. The molecule has 0 aromatic carbocycles. The van der Waals surface area contributed by atoms with E-state index < -0.39 is 0 Å². The Balaban J connectivity index is 3.90. The second-order valence-corrected chi connectivity index (χ2v) is 2.55. The molecule has 0 saturated carbocycles. The molecule has 0 aliphatic carbocycles. The first kappa shape index (κ1) is 9.02. The summed E-state index contributed by atoms with van der Waals surface area (Å²) in [6.45, 7) is 11.2. The lowest BCUT2D eigenvalue weighted by atomic mass is 10.1. The van der Waals surface area contributed by atoms with Crippen molar-refractivity contribution < 1.29 is 5.11 Å². The summed E-state index contributed by atoms with van der Waals surface area (Å²) >= 11 is 0. The van der Waals surface area contributed by atoms with Crippen LogP contribution in [-0.4, -0.2) is 5.11 Å². The minimum absolute atomic E-state index is 0.0711. The summed E-state index contributed by atoms with van der Waals surface area (Å²) in [5.41, 5.74) is 0.996. The second kappa shape index (κ2) is 3.94. The van der Waals surface area contributed by atoms with Gasteiger partial charge in [0.2, 0.25) is 0 Å². The SMILES string of the molecule is C=C(O)/C=C\C(=C)C(C)C. The fourth-order valence-corrected chi connectivity index (χ4v) is 0.396. The third-order valence-corrected chi connectivity index (χ3v) is 1.23. The summed E-state index contributed by atoms with van der Waals surface area (Å²) in [5, 5.41) is 8.66. The highest BCUT2D eigenvalue weighted by atomic mass is 16.3. The summed E-state index contributed by atoms with van der Waals surface area (Å²) in [6.07, 6.45) is 3.31. The van der Waals surface area contributed by atoms with Crippen molar-refractivity contribution in [1.29, 1.82) is 0 Å². The van der Waals surface area contributed by atoms with Crippen molar-refractivity contribution in [3.8, 4) is 0 Å².